The molecule has 1 aliphatic rings. The number of benzene rings is 1. The Morgan fingerprint density at radius 1 is 1.20 bits per heavy atom. The highest BCUT2D eigenvalue weighted by molar-refractivity contribution is 5.55. The van der Waals surface area contributed by atoms with Crippen molar-refractivity contribution in [2.45, 2.75) is 38.1 Å². The molecule has 0 saturated heterocycles. The van der Waals surface area contributed by atoms with Crippen molar-refractivity contribution in [1.29, 1.82) is 0 Å². The zero-order chi connectivity index (χ0) is 10.7. The molecule has 0 amide bonds. The lowest BCUT2D eigenvalue weighted by molar-refractivity contribution is 0.460. The molecule has 0 bridgehead atoms. The second kappa shape index (κ2) is 4.51. The molecule has 0 atom stereocenters. The Bertz CT molecular complexity index is 332. The van der Waals surface area contributed by atoms with Crippen molar-refractivity contribution in [3.05, 3.63) is 24.0 Å². The predicted molar refractivity (Wildman–Crippen MR) is 61.3 cm³/mol. The smallest absolute Gasteiger partial charge is 0.146 e. The lowest BCUT2D eigenvalue weighted by Gasteiger charge is -2.24. The molecule has 1 fully saturated rings. The van der Waals surface area contributed by atoms with Gasteiger partial charge in [0.05, 0.1) is 5.69 Å². The second-order valence-electron chi connectivity index (χ2n) is 4.22. The average molecular weight is 208 g/mol. The zero-order valence-electron chi connectivity index (χ0n) is 8.80. The summed E-state index contributed by atoms with van der Waals surface area (Å²) < 4.78 is 13.4. The first-order valence-electron chi connectivity index (χ1n) is 5.57. The normalized spacial score (nSPS) is 17.7. The predicted octanol–water partition coefficient (Wildman–Crippen LogP) is 3.15. The molecule has 0 heterocycles. The summed E-state index contributed by atoms with van der Waals surface area (Å²) in [6.45, 7) is 0. The number of nitrogens with one attached hydrogen (secondary N) is 1. The summed E-state index contributed by atoms with van der Waals surface area (Å²) in [6, 6.07) is 5.08. The minimum absolute atomic E-state index is 0.213. The van der Waals surface area contributed by atoms with E-state index in [0.29, 0.717) is 17.4 Å². The third-order valence-electron chi connectivity index (χ3n) is 2.96. The van der Waals surface area contributed by atoms with Gasteiger partial charge in [0.15, 0.2) is 0 Å². The number of rotatable bonds is 2. The molecule has 0 radical (unpaired) electrons. The zero-order valence-corrected chi connectivity index (χ0v) is 8.80. The van der Waals surface area contributed by atoms with E-state index in [0.717, 1.165) is 12.8 Å². The molecule has 1 aromatic rings. The number of halogens is 1. The highest BCUT2D eigenvalue weighted by atomic mass is 19.1. The van der Waals surface area contributed by atoms with Gasteiger partial charge in [0.25, 0.3) is 0 Å². The van der Waals surface area contributed by atoms with Crippen LogP contribution in [0, 0.1) is 5.82 Å². The molecular weight excluding hydrogens is 191 g/mol. The van der Waals surface area contributed by atoms with Crippen LogP contribution in [0.2, 0.25) is 0 Å². The summed E-state index contributed by atoms with van der Waals surface area (Å²) in [5.41, 5.74) is 6.78. The van der Waals surface area contributed by atoms with Gasteiger partial charge in [-0.3, -0.25) is 0 Å². The molecule has 0 unspecified atom stereocenters. The van der Waals surface area contributed by atoms with Gasteiger partial charge in [0.1, 0.15) is 5.82 Å². The van der Waals surface area contributed by atoms with E-state index >= 15 is 0 Å². The molecule has 0 aliphatic heterocycles. The van der Waals surface area contributed by atoms with Crippen LogP contribution in [0.4, 0.5) is 15.8 Å². The van der Waals surface area contributed by atoms with Gasteiger partial charge in [-0.25, -0.2) is 4.39 Å². The van der Waals surface area contributed by atoms with E-state index in [1.54, 1.807) is 12.1 Å². The Kier molecular flexibility index (Phi) is 3.09. The summed E-state index contributed by atoms with van der Waals surface area (Å²) in [4.78, 5) is 0. The second-order valence-corrected chi connectivity index (χ2v) is 4.22. The molecule has 82 valence electrons. The van der Waals surface area contributed by atoms with Crippen LogP contribution in [0.5, 0.6) is 0 Å². The van der Waals surface area contributed by atoms with E-state index in [1.807, 2.05) is 0 Å². The number of nitrogen functional groups attached to an aromatic ring is 1. The van der Waals surface area contributed by atoms with Gasteiger partial charge >= 0.3 is 0 Å². The molecular formula is C12H17FN2. The summed E-state index contributed by atoms with van der Waals surface area (Å²) >= 11 is 0. The van der Waals surface area contributed by atoms with Gasteiger partial charge in [0.2, 0.25) is 0 Å². The molecule has 3 N–H and O–H groups in total. The van der Waals surface area contributed by atoms with Gasteiger partial charge in [0, 0.05) is 11.7 Å². The largest absolute Gasteiger partial charge is 0.399 e. The Morgan fingerprint density at radius 2 is 1.93 bits per heavy atom. The molecule has 2 rings (SSSR count). The Balaban J connectivity index is 2.05. The van der Waals surface area contributed by atoms with Crippen molar-refractivity contribution in [2.24, 2.45) is 0 Å². The van der Waals surface area contributed by atoms with Crippen LogP contribution >= 0.6 is 0 Å². The average Bonchev–Trinajstić information content (AvgIpc) is 2.25. The molecule has 0 spiro atoms. The fraction of sp³-hybridized carbons (Fsp3) is 0.500. The van der Waals surface area contributed by atoms with E-state index in [2.05, 4.69) is 5.32 Å². The highest BCUT2D eigenvalue weighted by Gasteiger charge is 2.14. The van der Waals surface area contributed by atoms with Crippen LogP contribution in [0.25, 0.3) is 0 Å². The molecule has 3 heteroatoms. The molecule has 1 aromatic carbocycles. The maximum Gasteiger partial charge on any atom is 0.146 e. The number of anilines is 2. The fourth-order valence-electron chi connectivity index (χ4n) is 2.12. The minimum atomic E-state index is -0.213. The number of hydrogen-bond acceptors (Lipinski definition) is 2. The van der Waals surface area contributed by atoms with Crippen LogP contribution in [0.1, 0.15) is 32.1 Å². The first-order chi connectivity index (χ1) is 7.25. The first kappa shape index (κ1) is 10.3. The lowest BCUT2D eigenvalue weighted by Crippen LogP contribution is -2.22. The quantitative estimate of drug-likeness (QED) is 0.733. The van der Waals surface area contributed by atoms with Gasteiger partial charge in [-0.1, -0.05) is 19.3 Å². The third kappa shape index (κ3) is 2.61. The highest BCUT2D eigenvalue weighted by Crippen LogP contribution is 2.24. The van der Waals surface area contributed by atoms with E-state index in [-0.39, 0.29) is 5.82 Å². The third-order valence-corrected chi connectivity index (χ3v) is 2.96. The fourth-order valence-corrected chi connectivity index (χ4v) is 2.12. The maximum atomic E-state index is 13.4. The van der Waals surface area contributed by atoms with E-state index in [9.17, 15) is 4.39 Å². The van der Waals surface area contributed by atoms with Crippen molar-refractivity contribution in [2.75, 3.05) is 11.1 Å². The van der Waals surface area contributed by atoms with Crippen molar-refractivity contribution >= 4 is 11.4 Å². The lowest BCUT2D eigenvalue weighted by atomic mass is 9.95. The summed E-state index contributed by atoms with van der Waals surface area (Å²) in [5.74, 6) is -0.213. The van der Waals surface area contributed by atoms with E-state index < -0.39 is 0 Å². The standard InChI is InChI=1S/C12H17FN2/c13-11-7-6-9(14)8-12(11)15-10-4-2-1-3-5-10/h6-8,10,15H,1-5,14H2. The Morgan fingerprint density at radius 3 is 2.67 bits per heavy atom. The topological polar surface area (TPSA) is 38.0 Å². The molecule has 15 heavy (non-hydrogen) atoms. The van der Waals surface area contributed by atoms with Crippen LogP contribution in [-0.2, 0) is 0 Å². The Hall–Kier alpha value is -1.25. The van der Waals surface area contributed by atoms with Gasteiger partial charge in [-0.15, -0.1) is 0 Å². The van der Waals surface area contributed by atoms with Crippen LogP contribution in [0.15, 0.2) is 18.2 Å². The van der Waals surface area contributed by atoms with Gasteiger partial charge < -0.3 is 11.1 Å². The monoisotopic (exact) mass is 208 g/mol. The van der Waals surface area contributed by atoms with Crippen LogP contribution < -0.4 is 11.1 Å². The summed E-state index contributed by atoms with van der Waals surface area (Å²) in [7, 11) is 0. The van der Waals surface area contributed by atoms with Crippen molar-refractivity contribution in [3.8, 4) is 0 Å². The number of hydrogen-bond donors (Lipinski definition) is 2. The van der Waals surface area contributed by atoms with Gasteiger partial charge in [-0.05, 0) is 31.0 Å². The summed E-state index contributed by atoms with van der Waals surface area (Å²) in [6.07, 6.45) is 6.04. The van der Waals surface area contributed by atoms with Crippen molar-refractivity contribution in [1.82, 2.24) is 0 Å². The molecule has 1 saturated carbocycles. The molecule has 0 aromatic heterocycles. The van der Waals surface area contributed by atoms with Crippen LogP contribution in [0.3, 0.4) is 0 Å². The van der Waals surface area contributed by atoms with E-state index in [1.165, 1.54) is 25.3 Å². The first-order valence-corrected chi connectivity index (χ1v) is 5.57. The SMILES string of the molecule is Nc1ccc(F)c(NC2CCCCC2)c1. The number of nitrogens with two attached hydrogens (primary N) is 1. The minimum Gasteiger partial charge on any atom is -0.399 e. The van der Waals surface area contributed by atoms with Crippen LogP contribution in [-0.4, -0.2) is 6.04 Å². The Labute approximate surface area is 89.7 Å². The van der Waals surface area contributed by atoms with Crippen molar-refractivity contribution in [3.63, 3.8) is 0 Å². The van der Waals surface area contributed by atoms with E-state index in [4.69, 9.17) is 5.73 Å². The molecule has 1 aliphatic carbocycles. The maximum absolute atomic E-state index is 13.4. The summed E-state index contributed by atoms with van der Waals surface area (Å²) in [5, 5.41) is 3.23. The van der Waals surface area contributed by atoms with Crippen molar-refractivity contribution < 1.29 is 4.39 Å². The van der Waals surface area contributed by atoms with Gasteiger partial charge in [-0.2, -0.15) is 0 Å². The molecule has 2 nitrogen and oxygen atoms in total.